The van der Waals surface area contributed by atoms with Crippen LogP contribution in [0.2, 0.25) is 0 Å². The third kappa shape index (κ3) is 5.74. The van der Waals surface area contributed by atoms with Crippen LogP contribution in [0.25, 0.3) is 0 Å². The molecule has 0 fully saturated rings. The van der Waals surface area contributed by atoms with Gasteiger partial charge >= 0.3 is 0 Å². The van der Waals surface area contributed by atoms with Gasteiger partial charge in [-0.15, -0.1) is 0 Å². The monoisotopic (exact) mass is 370 g/mol. The van der Waals surface area contributed by atoms with Gasteiger partial charge in [0.25, 0.3) is 0 Å². The van der Waals surface area contributed by atoms with E-state index in [4.69, 9.17) is 4.99 Å². The average molecular weight is 371 g/mol. The molecule has 6 heteroatoms. The van der Waals surface area contributed by atoms with Gasteiger partial charge in [0.05, 0.1) is 12.2 Å². The molecule has 2 N–H and O–H groups in total. The van der Waals surface area contributed by atoms with Gasteiger partial charge in [0.1, 0.15) is 0 Å². The van der Waals surface area contributed by atoms with Crippen molar-refractivity contribution in [2.75, 3.05) is 25.5 Å². The maximum absolute atomic E-state index is 4.75. The Kier molecular flexibility index (Phi) is 7.28. The SMILES string of the molecule is CCNC(=NCc1ccc(N(C)C)cc1)NC(C)Cc1c(C)nn(C)c1C. The molecule has 2 rings (SSSR count). The van der Waals surface area contributed by atoms with Crippen molar-refractivity contribution < 1.29 is 0 Å². The number of guanidine groups is 1. The van der Waals surface area contributed by atoms with Crippen molar-refractivity contribution in [1.29, 1.82) is 0 Å². The zero-order chi connectivity index (χ0) is 20.0. The van der Waals surface area contributed by atoms with Gasteiger partial charge in [0.15, 0.2) is 5.96 Å². The number of rotatable bonds is 7. The number of nitrogens with one attached hydrogen (secondary N) is 2. The minimum Gasteiger partial charge on any atom is -0.378 e. The van der Waals surface area contributed by atoms with Crippen molar-refractivity contribution in [3.05, 3.63) is 46.8 Å². The summed E-state index contributed by atoms with van der Waals surface area (Å²) >= 11 is 0. The van der Waals surface area contributed by atoms with Crippen LogP contribution in [0.5, 0.6) is 0 Å². The lowest BCUT2D eigenvalue weighted by atomic mass is 10.1. The Balaban J connectivity index is 2.01. The highest BCUT2D eigenvalue weighted by molar-refractivity contribution is 5.80. The van der Waals surface area contributed by atoms with E-state index in [1.807, 2.05) is 25.8 Å². The molecule has 0 bridgehead atoms. The van der Waals surface area contributed by atoms with E-state index in [-0.39, 0.29) is 6.04 Å². The van der Waals surface area contributed by atoms with Crippen LogP contribution in [-0.2, 0) is 20.0 Å². The molecule has 6 nitrogen and oxygen atoms in total. The standard InChI is InChI=1S/C21H34N6/c1-8-22-21(23-14-18-9-11-19(12-10-18)26(5)6)24-15(2)13-20-16(3)25-27(7)17(20)4/h9-12,15H,8,13-14H2,1-7H3,(H2,22,23,24). The normalized spacial score (nSPS) is 12.8. The quantitative estimate of drug-likeness (QED) is 0.581. The zero-order valence-corrected chi connectivity index (χ0v) is 17.8. The van der Waals surface area contributed by atoms with E-state index in [0.29, 0.717) is 6.54 Å². The first-order valence-corrected chi connectivity index (χ1v) is 9.62. The summed E-state index contributed by atoms with van der Waals surface area (Å²) in [5, 5.41) is 11.4. The van der Waals surface area contributed by atoms with Crippen molar-refractivity contribution in [2.45, 2.75) is 46.7 Å². The smallest absolute Gasteiger partial charge is 0.191 e. The zero-order valence-electron chi connectivity index (χ0n) is 17.8. The van der Waals surface area contributed by atoms with Gasteiger partial charge in [0.2, 0.25) is 0 Å². The van der Waals surface area contributed by atoms with Crippen LogP contribution < -0.4 is 15.5 Å². The number of aliphatic imine (C=N–C) groups is 1. The summed E-state index contributed by atoms with van der Waals surface area (Å²) in [6.07, 6.45) is 0.924. The third-order valence-corrected chi connectivity index (χ3v) is 4.77. The Hall–Kier alpha value is -2.50. The fraction of sp³-hybridized carbons (Fsp3) is 0.524. The highest BCUT2D eigenvalue weighted by Gasteiger charge is 2.14. The Labute approximate surface area is 163 Å². The van der Waals surface area contributed by atoms with Crippen LogP contribution in [0, 0.1) is 13.8 Å². The fourth-order valence-corrected chi connectivity index (χ4v) is 3.09. The van der Waals surface area contributed by atoms with Crippen LogP contribution in [-0.4, -0.2) is 42.4 Å². The first-order valence-electron chi connectivity index (χ1n) is 9.62. The number of hydrogen-bond acceptors (Lipinski definition) is 3. The van der Waals surface area contributed by atoms with Gasteiger partial charge in [-0.25, -0.2) is 4.99 Å². The molecule has 1 aromatic heterocycles. The minimum atomic E-state index is 0.264. The van der Waals surface area contributed by atoms with Crippen LogP contribution in [0.1, 0.15) is 36.4 Å². The van der Waals surface area contributed by atoms with Gasteiger partial charge in [-0.3, -0.25) is 4.68 Å². The molecule has 1 atom stereocenters. The van der Waals surface area contributed by atoms with Crippen LogP contribution in [0.4, 0.5) is 5.69 Å². The first kappa shape index (κ1) is 20.8. The second-order valence-corrected chi connectivity index (χ2v) is 7.28. The van der Waals surface area contributed by atoms with Gasteiger partial charge in [-0.1, -0.05) is 12.1 Å². The number of anilines is 1. The molecule has 0 radical (unpaired) electrons. The average Bonchev–Trinajstić information content (AvgIpc) is 2.86. The first-order chi connectivity index (χ1) is 12.8. The molecular formula is C21H34N6. The van der Waals surface area contributed by atoms with Crippen LogP contribution in [0.15, 0.2) is 29.3 Å². The summed E-state index contributed by atoms with van der Waals surface area (Å²) in [6, 6.07) is 8.78. The molecule has 2 aromatic rings. The van der Waals surface area contributed by atoms with Crippen molar-refractivity contribution in [1.82, 2.24) is 20.4 Å². The van der Waals surface area contributed by atoms with Crippen LogP contribution >= 0.6 is 0 Å². The molecule has 27 heavy (non-hydrogen) atoms. The highest BCUT2D eigenvalue weighted by Crippen LogP contribution is 2.15. The second kappa shape index (κ2) is 9.44. The summed E-state index contributed by atoms with van der Waals surface area (Å²) in [7, 11) is 6.10. The number of hydrogen-bond donors (Lipinski definition) is 2. The van der Waals surface area contributed by atoms with E-state index in [1.54, 1.807) is 0 Å². The molecular weight excluding hydrogens is 336 g/mol. The molecule has 0 saturated carbocycles. The summed E-state index contributed by atoms with van der Waals surface area (Å²) in [5.41, 5.74) is 6.04. The van der Waals surface area contributed by atoms with Gasteiger partial charge < -0.3 is 15.5 Å². The van der Waals surface area contributed by atoms with E-state index in [2.05, 4.69) is 72.6 Å². The number of aryl methyl sites for hydroxylation is 2. The topological polar surface area (TPSA) is 57.5 Å². The molecule has 0 spiro atoms. The largest absolute Gasteiger partial charge is 0.378 e. The lowest BCUT2D eigenvalue weighted by molar-refractivity contribution is 0.636. The minimum absolute atomic E-state index is 0.264. The van der Waals surface area contributed by atoms with Gasteiger partial charge in [0, 0.05) is 45.1 Å². The molecule has 1 heterocycles. The Morgan fingerprint density at radius 1 is 1.22 bits per heavy atom. The third-order valence-electron chi connectivity index (χ3n) is 4.77. The molecule has 148 valence electrons. The Bertz CT molecular complexity index is 758. The Morgan fingerprint density at radius 3 is 2.41 bits per heavy atom. The van der Waals surface area contributed by atoms with E-state index in [1.165, 1.54) is 22.5 Å². The van der Waals surface area contributed by atoms with Gasteiger partial charge in [-0.05, 0) is 57.4 Å². The number of aromatic nitrogens is 2. The van der Waals surface area contributed by atoms with E-state index >= 15 is 0 Å². The fourth-order valence-electron chi connectivity index (χ4n) is 3.09. The number of benzene rings is 1. The summed E-state index contributed by atoms with van der Waals surface area (Å²) in [5.74, 6) is 0.848. The molecule has 0 aliphatic carbocycles. The van der Waals surface area contributed by atoms with E-state index in [0.717, 1.165) is 24.6 Å². The number of nitrogens with zero attached hydrogens (tertiary/aromatic N) is 4. The van der Waals surface area contributed by atoms with Crippen molar-refractivity contribution in [3.63, 3.8) is 0 Å². The predicted molar refractivity (Wildman–Crippen MR) is 115 cm³/mol. The molecule has 0 amide bonds. The summed E-state index contributed by atoms with van der Waals surface area (Å²) < 4.78 is 1.95. The van der Waals surface area contributed by atoms with Gasteiger partial charge in [-0.2, -0.15) is 5.10 Å². The van der Waals surface area contributed by atoms with Crippen molar-refractivity contribution >= 4 is 11.6 Å². The second-order valence-electron chi connectivity index (χ2n) is 7.28. The van der Waals surface area contributed by atoms with E-state index in [9.17, 15) is 0 Å². The summed E-state index contributed by atoms with van der Waals surface area (Å²) in [4.78, 5) is 6.85. The molecule has 0 aliphatic heterocycles. The predicted octanol–water partition coefficient (Wildman–Crippen LogP) is 2.79. The highest BCUT2D eigenvalue weighted by atomic mass is 15.3. The molecule has 0 aliphatic rings. The Morgan fingerprint density at radius 2 is 1.89 bits per heavy atom. The summed E-state index contributed by atoms with van der Waals surface area (Å²) in [6.45, 7) is 9.96. The molecule has 0 saturated heterocycles. The maximum Gasteiger partial charge on any atom is 0.191 e. The lowest BCUT2D eigenvalue weighted by Crippen LogP contribution is -2.43. The van der Waals surface area contributed by atoms with E-state index < -0.39 is 0 Å². The van der Waals surface area contributed by atoms with Crippen LogP contribution in [0.3, 0.4) is 0 Å². The van der Waals surface area contributed by atoms with Crippen molar-refractivity contribution in [3.8, 4) is 0 Å². The van der Waals surface area contributed by atoms with Crippen molar-refractivity contribution in [2.24, 2.45) is 12.0 Å². The maximum atomic E-state index is 4.75. The molecule has 1 unspecified atom stereocenters. The lowest BCUT2D eigenvalue weighted by Gasteiger charge is -2.18. The molecule has 1 aromatic carbocycles.